The molecule has 8 amide bonds. The van der Waals surface area contributed by atoms with E-state index in [4.69, 9.17) is 11.5 Å². The Labute approximate surface area is 415 Å². The van der Waals surface area contributed by atoms with Crippen molar-refractivity contribution in [2.24, 2.45) is 29.2 Å². The Kier molecular flexibility index (Phi) is 26.3. The van der Waals surface area contributed by atoms with Gasteiger partial charge in [-0.25, -0.2) is 4.79 Å². The van der Waals surface area contributed by atoms with Crippen molar-refractivity contribution in [2.75, 3.05) is 19.6 Å². The Morgan fingerprint density at radius 3 is 1.56 bits per heavy atom. The van der Waals surface area contributed by atoms with Gasteiger partial charge in [-0.15, -0.1) is 0 Å². The number of carboxylic acid groups (broad SMARTS) is 1. The Balaban J connectivity index is 2.30. The molecule has 394 valence electrons. The number of unbranched alkanes of at least 4 members (excludes halogenated alkanes) is 1. The maximum Gasteiger partial charge on any atom is 0.328 e. The van der Waals surface area contributed by atoms with Crippen LogP contribution in [0, 0.1) is 17.8 Å². The molecule has 2 aromatic carbocycles. The van der Waals surface area contributed by atoms with Crippen LogP contribution in [0.3, 0.4) is 0 Å². The summed E-state index contributed by atoms with van der Waals surface area (Å²) in [5, 5.41) is 49.3. The summed E-state index contributed by atoms with van der Waals surface area (Å²) in [7, 11) is 0. The molecule has 22 heteroatoms. The molecule has 2 aromatic rings. The normalized spacial score (nSPS) is 15.0. The number of aliphatic hydroxyl groups is 1. The topological polar surface area (TPSA) is 363 Å². The molecule has 0 aliphatic rings. The van der Waals surface area contributed by atoms with Gasteiger partial charge < -0.3 is 69.3 Å². The number of nitrogens with two attached hydrogens (primary N) is 2. The van der Waals surface area contributed by atoms with Crippen molar-refractivity contribution < 1.29 is 58.5 Å². The van der Waals surface area contributed by atoms with Gasteiger partial charge >= 0.3 is 5.97 Å². The molecule has 0 heterocycles. The third-order valence-electron chi connectivity index (χ3n) is 11.6. The summed E-state index contributed by atoms with van der Waals surface area (Å²) in [6.45, 7) is 10.9. The summed E-state index contributed by atoms with van der Waals surface area (Å²) in [4.78, 5) is 120. The zero-order valence-corrected chi connectivity index (χ0v) is 41.8. The molecule has 0 bridgehead atoms. The summed E-state index contributed by atoms with van der Waals surface area (Å²) >= 11 is 0. The van der Waals surface area contributed by atoms with Crippen LogP contribution in [0.4, 0.5) is 0 Å². The lowest BCUT2D eigenvalue weighted by Gasteiger charge is -2.27. The highest BCUT2D eigenvalue weighted by Crippen LogP contribution is 2.14. The first-order chi connectivity index (χ1) is 33.5. The average Bonchev–Trinajstić information content (AvgIpc) is 3.32. The zero-order valence-electron chi connectivity index (χ0n) is 41.8. The molecule has 2 rings (SSSR count). The minimum absolute atomic E-state index is 0.0227. The minimum atomic E-state index is -1.65. The third-order valence-corrected chi connectivity index (χ3v) is 11.6. The number of carbonyl (C=O) groups excluding carboxylic acids is 8. The van der Waals surface area contributed by atoms with Gasteiger partial charge in [0.25, 0.3) is 0 Å². The molecule has 0 saturated heterocycles. The second-order valence-electron chi connectivity index (χ2n) is 18.5. The van der Waals surface area contributed by atoms with Gasteiger partial charge in [-0.2, -0.15) is 0 Å². The number of hydrogen-bond donors (Lipinski definition) is 13. The van der Waals surface area contributed by atoms with Crippen LogP contribution >= 0.6 is 0 Å². The SMILES string of the molecule is CC[C@H](C)[C@H](NC(=O)CNC(=O)[C@H](CCCCN)NC(=O)[C@H](Cc1ccccc1)NC(=O)[C@H](CC(C)C)NC(=O)[C@@H](N)C(C)C)C(=O)N[C@@H](Cc1ccc(O)cc1)C(=O)NCC(=O)N[C@H](C(=O)O)[C@@H](C)O. The van der Waals surface area contributed by atoms with E-state index >= 15 is 0 Å². The van der Waals surface area contributed by atoms with Crippen LogP contribution in [0.15, 0.2) is 54.6 Å². The second-order valence-corrected chi connectivity index (χ2v) is 18.5. The van der Waals surface area contributed by atoms with Crippen molar-refractivity contribution in [3.05, 3.63) is 65.7 Å². The number of phenols is 1. The average molecular weight is 997 g/mol. The van der Waals surface area contributed by atoms with E-state index in [0.717, 1.165) is 6.92 Å². The van der Waals surface area contributed by atoms with Gasteiger partial charge in [0, 0.05) is 12.8 Å². The molecule has 22 nitrogen and oxygen atoms in total. The van der Waals surface area contributed by atoms with E-state index in [-0.39, 0.29) is 43.3 Å². The number of nitrogens with one attached hydrogen (secondary N) is 8. The smallest absolute Gasteiger partial charge is 0.328 e. The predicted octanol–water partition coefficient (Wildman–Crippen LogP) is -1.01. The van der Waals surface area contributed by atoms with Crippen molar-refractivity contribution in [2.45, 2.75) is 142 Å². The number of benzene rings is 2. The fourth-order valence-electron chi connectivity index (χ4n) is 7.10. The molecule has 0 unspecified atom stereocenters. The number of aliphatic hydroxyl groups excluding tert-OH is 1. The standard InChI is InChI=1S/C49H76N10O12/c1-8-29(6)41(48(69)57-36(24-32-17-19-33(61)20-18-32)44(65)53-26-39(63)59-42(30(7)60)49(70)71)58-38(62)25-52-43(64)34(16-12-13-21-50)54-46(67)37(23-31-14-10-9-11-15-31)55-45(66)35(22-27(2)3)56-47(68)40(51)28(4)5/h9-11,14-15,17-20,27-30,34-37,40-42,60-61H,8,12-13,16,21-26,50-51H2,1-7H3,(H,52,64)(H,53,65)(H,54,67)(H,55,66)(H,56,68)(H,57,69)(H,58,62)(H,59,63)(H,70,71)/t29-,30+,34-,35-,36-,37-,40-,41-,42-/m0/s1. The van der Waals surface area contributed by atoms with E-state index in [0.29, 0.717) is 36.9 Å². The van der Waals surface area contributed by atoms with E-state index in [1.807, 2.05) is 13.8 Å². The van der Waals surface area contributed by atoms with E-state index in [2.05, 4.69) is 42.5 Å². The van der Waals surface area contributed by atoms with Gasteiger partial charge in [0.1, 0.15) is 36.0 Å². The first-order valence-electron chi connectivity index (χ1n) is 24.0. The summed E-state index contributed by atoms with van der Waals surface area (Å²) in [6.07, 6.45) is 0.0538. The lowest BCUT2D eigenvalue weighted by atomic mass is 9.97. The predicted molar refractivity (Wildman–Crippen MR) is 264 cm³/mol. The maximum absolute atomic E-state index is 14.1. The van der Waals surface area contributed by atoms with Crippen LogP contribution in [-0.4, -0.2) is 137 Å². The lowest BCUT2D eigenvalue weighted by molar-refractivity contribution is -0.144. The number of rotatable bonds is 31. The molecule has 0 aliphatic heterocycles. The van der Waals surface area contributed by atoms with Crippen molar-refractivity contribution in [3.8, 4) is 5.75 Å². The van der Waals surface area contributed by atoms with Gasteiger partial charge in [-0.3, -0.25) is 38.4 Å². The number of carboxylic acids is 1. The molecule has 0 fully saturated rings. The highest BCUT2D eigenvalue weighted by Gasteiger charge is 2.34. The molecular weight excluding hydrogens is 921 g/mol. The van der Waals surface area contributed by atoms with E-state index in [9.17, 15) is 58.5 Å². The van der Waals surface area contributed by atoms with E-state index < -0.39 is 121 Å². The molecule has 9 atom stereocenters. The van der Waals surface area contributed by atoms with Crippen molar-refractivity contribution in [3.63, 3.8) is 0 Å². The van der Waals surface area contributed by atoms with Crippen molar-refractivity contribution in [1.29, 1.82) is 0 Å². The number of phenolic OH excluding ortho intramolecular Hbond substituents is 1. The number of hydrogen-bond acceptors (Lipinski definition) is 13. The van der Waals surface area contributed by atoms with Crippen LogP contribution in [-0.2, 0) is 56.0 Å². The Morgan fingerprint density at radius 2 is 1.06 bits per heavy atom. The van der Waals surface area contributed by atoms with Gasteiger partial charge in [0.05, 0.1) is 25.2 Å². The zero-order chi connectivity index (χ0) is 53.4. The Bertz CT molecular complexity index is 2070. The van der Waals surface area contributed by atoms with Gasteiger partial charge in [-0.05, 0) is 80.2 Å². The van der Waals surface area contributed by atoms with Crippen molar-refractivity contribution >= 4 is 53.2 Å². The third kappa shape index (κ3) is 21.9. The summed E-state index contributed by atoms with van der Waals surface area (Å²) in [6, 6.07) is 6.03. The molecule has 0 spiro atoms. The van der Waals surface area contributed by atoms with Crippen LogP contribution < -0.4 is 54.0 Å². The number of carbonyl (C=O) groups is 9. The van der Waals surface area contributed by atoms with Gasteiger partial charge in [-0.1, -0.05) is 90.4 Å². The summed E-state index contributed by atoms with van der Waals surface area (Å²) in [5.74, 6) is -8.30. The summed E-state index contributed by atoms with van der Waals surface area (Å²) < 4.78 is 0. The fourth-order valence-corrected chi connectivity index (χ4v) is 7.10. The first kappa shape index (κ1) is 60.5. The molecule has 71 heavy (non-hydrogen) atoms. The first-order valence-corrected chi connectivity index (χ1v) is 24.0. The monoisotopic (exact) mass is 997 g/mol. The van der Waals surface area contributed by atoms with E-state index in [1.54, 1.807) is 58.0 Å². The molecule has 0 saturated carbocycles. The number of amides is 8. The molecule has 15 N–H and O–H groups in total. The van der Waals surface area contributed by atoms with Crippen LogP contribution in [0.1, 0.15) is 91.7 Å². The molecule has 0 aliphatic carbocycles. The number of aliphatic carboxylic acids is 1. The lowest BCUT2D eigenvalue weighted by Crippen LogP contribution is -2.59. The van der Waals surface area contributed by atoms with Gasteiger partial charge in [0.2, 0.25) is 47.3 Å². The Morgan fingerprint density at radius 1 is 0.577 bits per heavy atom. The summed E-state index contributed by atoms with van der Waals surface area (Å²) in [5.41, 5.74) is 13.0. The van der Waals surface area contributed by atoms with E-state index in [1.165, 1.54) is 24.3 Å². The Hall–Kier alpha value is -6.65. The van der Waals surface area contributed by atoms with Gasteiger partial charge in [0.15, 0.2) is 6.04 Å². The van der Waals surface area contributed by atoms with Crippen LogP contribution in [0.25, 0.3) is 0 Å². The largest absolute Gasteiger partial charge is 0.508 e. The molecular formula is C49H76N10O12. The fraction of sp³-hybridized carbons (Fsp3) is 0.571. The number of aromatic hydroxyl groups is 1. The molecule has 0 aromatic heterocycles. The maximum atomic E-state index is 14.1. The highest BCUT2D eigenvalue weighted by molar-refractivity contribution is 5.97. The van der Waals surface area contributed by atoms with Crippen molar-refractivity contribution in [1.82, 2.24) is 42.5 Å². The molecule has 0 radical (unpaired) electrons. The van der Waals surface area contributed by atoms with Crippen LogP contribution in [0.5, 0.6) is 5.75 Å². The minimum Gasteiger partial charge on any atom is -0.508 e. The second kappa shape index (κ2) is 30.8. The quantitative estimate of drug-likeness (QED) is 0.0403. The highest BCUT2D eigenvalue weighted by atomic mass is 16.4. The van der Waals surface area contributed by atoms with Crippen LogP contribution in [0.2, 0.25) is 0 Å².